The van der Waals surface area contributed by atoms with E-state index in [1.165, 1.54) is 0 Å². The van der Waals surface area contributed by atoms with Crippen molar-refractivity contribution in [1.82, 2.24) is 9.97 Å². The lowest BCUT2D eigenvalue weighted by Crippen LogP contribution is -1.99. The van der Waals surface area contributed by atoms with E-state index in [0.29, 0.717) is 5.82 Å². The molecule has 6 heteroatoms. The molecular formula is C11H12N4OS. The Balaban J connectivity index is 2.24. The first-order chi connectivity index (χ1) is 8.15. The van der Waals surface area contributed by atoms with E-state index in [1.807, 2.05) is 24.3 Å². The highest BCUT2D eigenvalue weighted by Crippen LogP contribution is 2.17. The fourth-order valence-electron chi connectivity index (χ4n) is 1.34. The molecule has 0 spiro atoms. The van der Waals surface area contributed by atoms with E-state index in [-0.39, 0.29) is 5.95 Å². The highest BCUT2D eigenvalue weighted by molar-refractivity contribution is 7.84. The van der Waals surface area contributed by atoms with Crippen LogP contribution in [0.25, 0.3) is 0 Å². The van der Waals surface area contributed by atoms with Gasteiger partial charge in [-0.1, -0.05) is 6.07 Å². The molecule has 2 rings (SSSR count). The van der Waals surface area contributed by atoms with Gasteiger partial charge in [0.25, 0.3) is 0 Å². The predicted octanol–water partition coefficient (Wildman–Crippen LogP) is 1.54. The molecular weight excluding hydrogens is 236 g/mol. The topological polar surface area (TPSA) is 80.9 Å². The average molecular weight is 248 g/mol. The van der Waals surface area contributed by atoms with Crippen LogP contribution in [0.1, 0.15) is 0 Å². The van der Waals surface area contributed by atoms with Gasteiger partial charge in [0, 0.05) is 33.8 Å². The van der Waals surface area contributed by atoms with Crippen molar-refractivity contribution in [3.05, 3.63) is 36.5 Å². The summed E-state index contributed by atoms with van der Waals surface area (Å²) in [5.41, 5.74) is 6.30. The molecule has 2 aromatic rings. The van der Waals surface area contributed by atoms with Gasteiger partial charge < -0.3 is 11.1 Å². The standard InChI is InChI=1S/C11H12N4OS/c1-17(16)9-4-2-3-8(7-9)14-10-5-6-13-11(12)15-10/h2-7H,1H3,(H3,12,13,14,15). The molecule has 0 radical (unpaired) electrons. The van der Waals surface area contributed by atoms with E-state index < -0.39 is 10.8 Å². The second kappa shape index (κ2) is 4.92. The van der Waals surface area contributed by atoms with Crippen LogP contribution in [0.4, 0.5) is 17.5 Å². The molecule has 0 amide bonds. The minimum absolute atomic E-state index is 0.213. The molecule has 1 aromatic heterocycles. The van der Waals surface area contributed by atoms with Gasteiger partial charge in [0.2, 0.25) is 5.95 Å². The highest BCUT2D eigenvalue weighted by atomic mass is 32.2. The minimum Gasteiger partial charge on any atom is -0.368 e. The summed E-state index contributed by atoms with van der Waals surface area (Å²) in [5, 5.41) is 3.07. The lowest BCUT2D eigenvalue weighted by atomic mass is 10.3. The highest BCUT2D eigenvalue weighted by Gasteiger charge is 2.01. The van der Waals surface area contributed by atoms with Crippen LogP contribution in [0.15, 0.2) is 41.4 Å². The molecule has 88 valence electrons. The van der Waals surface area contributed by atoms with Crippen molar-refractivity contribution in [1.29, 1.82) is 0 Å². The second-order valence-electron chi connectivity index (χ2n) is 3.41. The third kappa shape index (κ3) is 3.01. The Bertz CT molecular complexity index is 559. The summed E-state index contributed by atoms with van der Waals surface area (Å²) in [6.45, 7) is 0. The lowest BCUT2D eigenvalue weighted by Gasteiger charge is -2.06. The van der Waals surface area contributed by atoms with Gasteiger partial charge in [0.05, 0.1) is 0 Å². The molecule has 1 atom stereocenters. The molecule has 0 saturated carbocycles. The maximum atomic E-state index is 11.3. The van der Waals surface area contributed by atoms with Gasteiger partial charge in [-0.25, -0.2) is 4.98 Å². The third-order valence-corrected chi connectivity index (χ3v) is 3.03. The largest absolute Gasteiger partial charge is 0.368 e. The van der Waals surface area contributed by atoms with Crippen molar-refractivity contribution in [3.63, 3.8) is 0 Å². The number of benzene rings is 1. The quantitative estimate of drug-likeness (QED) is 0.861. The molecule has 3 N–H and O–H groups in total. The van der Waals surface area contributed by atoms with Crippen LogP contribution in [0.3, 0.4) is 0 Å². The molecule has 1 unspecified atom stereocenters. The van der Waals surface area contributed by atoms with Crippen molar-refractivity contribution in [2.24, 2.45) is 0 Å². The van der Waals surface area contributed by atoms with Crippen LogP contribution in [0.2, 0.25) is 0 Å². The number of hydrogen-bond acceptors (Lipinski definition) is 5. The Labute approximate surface area is 102 Å². The molecule has 17 heavy (non-hydrogen) atoms. The van der Waals surface area contributed by atoms with Crippen LogP contribution in [-0.2, 0) is 10.8 Å². The van der Waals surface area contributed by atoms with Gasteiger partial charge in [-0.2, -0.15) is 4.98 Å². The van der Waals surface area contributed by atoms with Crippen molar-refractivity contribution in [2.75, 3.05) is 17.3 Å². The summed E-state index contributed by atoms with van der Waals surface area (Å²) in [6, 6.07) is 9.05. The summed E-state index contributed by atoms with van der Waals surface area (Å²) in [5.74, 6) is 0.821. The van der Waals surface area contributed by atoms with Crippen LogP contribution in [-0.4, -0.2) is 20.4 Å². The normalized spacial score (nSPS) is 12.1. The summed E-state index contributed by atoms with van der Waals surface area (Å²) >= 11 is 0. The molecule has 0 saturated heterocycles. The predicted molar refractivity (Wildman–Crippen MR) is 68.5 cm³/mol. The Hall–Kier alpha value is -1.95. The molecule has 0 aliphatic rings. The first-order valence-corrected chi connectivity index (χ1v) is 6.50. The van der Waals surface area contributed by atoms with Gasteiger partial charge >= 0.3 is 0 Å². The summed E-state index contributed by atoms with van der Waals surface area (Å²) in [4.78, 5) is 8.59. The number of nitrogens with zero attached hydrogens (tertiary/aromatic N) is 2. The number of nitrogens with one attached hydrogen (secondary N) is 1. The zero-order chi connectivity index (χ0) is 12.3. The molecule has 0 fully saturated rings. The van der Waals surface area contributed by atoms with Crippen LogP contribution >= 0.6 is 0 Å². The number of anilines is 3. The molecule has 0 aliphatic heterocycles. The van der Waals surface area contributed by atoms with Crippen molar-refractivity contribution in [3.8, 4) is 0 Å². The zero-order valence-electron chi connectivity index (χ0n) is 9.25. The monoisotopic (exact) mass is 248 g/mol. The van der Waals surface area contributed by atoms with Crippen LogP contribution < -0.4 is 11.1 Å². The Morgan fingerprint density at radius 1 is 1.35 bits per heavy atom. The smallest absolute Gasteiger partial charge is 0.221 e. The van der Waals surface area contributed by atoms with Crippen molar-refractivity contribution < 1.29 is 4.21 Å². The summed E-state index contributed by atoms with van der Waals surface area (Å²) in [6.07, 6.45) is 3.22. The molecule has 5 nitrogen and oxygen atoms in total. The summed E-state index contributed by atoms with van der Waals surface area (Å²) in [7, 11) is -0.999. The SMILES string of the molecule is CS(=O)c1cccc(Nc2ccnc(N)n2)c1. The maximum absolute atomic E-state index is 11.3. The summed E-state index contributed by atoms with van der Waals surface area (Å²) < 4.78 is 11.3. The zero-order valence-corrected chi connectivity index (χ0v) is 10.1. The van der Waals surface area contributed by atoms with Crippen LogP contribution in [0.5, 0.6) is 0 Å². The average Bonchev–Trinajstić information content (AvgIpc) is 2.29. The third-order valence-electron chi connectivity index (χ3n) is 2.11. The number of hydrogen-bond donors (Lipinski definition) is 2. The first kappa shape index (κ1) is 11.5. The van der Waals surface area contributed by atoms with E-state index in [0.717, 1.165) is 10.6 Å². The van der Waals surface area contributed by atoms with Gasteiger partial charge in [0.1, 0.15) is 5.82 Å². The molecule has 1 aromatic carbocycles. The van der Waals surface area contributed by atoms with Gasteiger partial charge in [-0.05, 0) is 24.3 Å². The van der Waals surface area contributed by atoms with E-state index in [2.05, 4.69) is 15.3 Å². The fourth-order valence-corrected chi connectivity index (χ4v) is 1.91. The number of nitrogens with two attached hydrogens (primary N) is 1. The first-order valence-electron chi connectivity index (χ1n) is 4.94. The van der Waals surface area contributed by atoms with Crippen LogP contribution in [0, 0.1) is 0 Å². The van der Waals surface area contributed by atoms with E-state index >= 15 is 0 Å². The molecule has 0 bridgehead atoms. The van der Waals surface area contributed by atoms with Crippen molar-refractivity contribution >= 4 is 28.3 Å². The minimum atomic E-state index is -0.999. The molecule has 0 aliphatic carbocycles. The number of aromatic nitrogens is 2. The Morgan fingerprint density at radius 2 is 2.18 bits per heavy atom. The van der Waals surface area contributed by atoms with E-state index in [9.17, 15) is 4.21 Å². The van der Waals surface area contributed by atoms with Crippen molar-refractivity contribution in [2.45, 2.75) is 4.90 Å². The van der Waals surface area contributed by atoms with E-state index in [4.69, 9.17) is 5.73 Å². The van der Waals surface area contributed by atoms with Gasteiger partial charge in [-0.15, -0.1) is 0 Å². The maximum Gasteiger partial charge on any atom is 0.221 e. The van der Waals surface area contributed by atoms with E-state index in [1.54, 1.807) is 18.5 Å². The van der Waals surface area contributed by atoms with Gasteiger partial charge in [0.15, 0.2) is 0 Å². The Kier molecular flexibility index (Phi) is 3.34. The lowest BCUT2D eigenvalue weighted by molar-refractivity contribution is 0.687. The van der Waals surface area contributed by atoms with Gasteiger partial charge in [-0.3, -0.25) is 4.21 Å². The fraction of sp³-hybridized carbons (Fsp3) is 0.0909. The molecule has 1 heterocycles. The number of nitrogen functional groups attached to an aromatic ring is 1. The second-order valence-corrected chi connectivity index (χ2v) is 4.79. The Morgan fingerprint density at radius 3 is 2.88 bits per heavy atom. The number of rotatable bonds is 3.